The highest BCUT2D eigenvalue weighted by Gasteiger charge is 2.20. The van der Waals surface area contributed by atoms with E-state index in [1.165, 1.54) is 22.4 Å². The van der Waals surface area contributed by atoms with Gasteiger partial charge in [-0.1, -0.05) is 6.07 Å². The summed E-state index contributed by atoms with van der Waals surface area (Å²) < 4.78 is 1.94. The third kappa shape index (κ3) is 4.19. The van der Waals surface area contributed by atoms with E-state index >= 15 is 0 Å². The predicted octanol–water partition coefficient (Wildman–Crippen LogP) is 2.86. The number of hydrogen-bond donors (Lipinski definition) is 1. The third-order valence-corrected chi connectivity index (χ3v) is 5.51. The first-order valence-electron chi connectivity index (χ1n) is 8.77. The fourth-order valence-corrected chi connectivity index (χ4v) is 3.37. The summed E-state index contributed by atoms with van der Waals surface area (Å²) in [5.74, 6) is 0. The lowest BCUT2D eigenvalue weighted by molar-refractivity contribution is 0.176. The molecule has 0 unspecified atom stereocenters. The fraction of sp³-hybridized carbons (Fsp3) is 0.474. The minimum atomic E-state index is 0.820. The number of nitrogens with one attached hydrogen (secondary N) is 1. The quantitative estimate of drug-likeness (QED) is 0.855. The van der Waals surface area contributed by atoms with Gasteiger partial charge in [-0.05, 0) is 56.2 Å². The van der Waals surface area contributed by atoms with Crippen molar-refractivity contribution in [3.8, 4) is 0 Å². The Bertz CT molecular complexity index is 759. The minimum Gasteiger partial charge on any atom is -0.346 e. The molecule has 5 nitrogen and oxygen atoms in total. The van der Waals surface area contributed by atoms with E-state index in [0.29, 0.717) is 0 Å². The molecule has 1 fully saturated rings. The molecule has 1 aliphatic heterocycles. The van der Waals surface area contributed by atoms with Crippen LogP contribution in [-0.2, 0) is 13.6 Å². The van der Waals surface area contributed by atoms with Gasteiger partial charge in [0.25, 0.3) is 0 Å². The standard InChI is InChI=1S/C19H27N5S/c1-14-5-6-18(11-15(14)2)21-19(25)24-9-7-23(8-10-24)13-17-12-20-22(4)16(17)3/h5-6,11-12H,7-10,13H2,1-4H3,(H,21,25). The molecule has 1 N–H and O–H groups in total. The molecule has 0 bridgehead atoms. The molecule has 1 aliphatic rings. The van der Waals surface area contributed by atoms with Crippen LogP contribution in [0.3, 0.4) is 0 Å². The number of benzene rings is 1. The first kappa shape index (κ1) is 17.9. The highest BCUT2D eigenvalue weighted by molar-refractivity contribution is 7.80. The number of thiocarbonyl (C=S) groups is 1. The van der Waals surface area contributed by atoms with Gasteiger partial charge in [0.1, 0.15) is 0 Å². The van der Waals surface area contributed by atoms with E-state index in [1.54, 1.807) is 0 Å². The van der Waals surface area contributed by atoms with Crippen LogP contribution >= 0.6 is 12.2 Å². The molecule has 0 saturated carbocycles. The maximum Gasteiger partial charge on any atom is 0.173 e. The van der Waals surface area contributed by atoms with Gasteiger partial charge in [-0.15, -0.1) is 0 Å². The summed E-state index contributed by atoms with van der Waals surface area (Å²) in [6, 6.07) is 6.38. The lowest BCUT2D eigenvalue weighted by Gasteiger charge is -2.36. The van der Waals surface area contributed by atoms with Crippen molar-refractivity contribution >= 4 is 23.0 Å². The van der Waals surface area contributed by atoms with Crippen LogP contribution < -0.4 is 5.32 Å². The van der Waals surface area contributed by atoms with Crippen LogP contribution in [0.4, 0.5) is 5.69 Å². The van der Waals surface area contributed by atoms with Crippen molar-refractivity contribution in [2.75, 3.05) is 31.5 Å². The molecule has 134 valence electrons. The Morgan fingerprint density at radius 3 is 2.44 bits per heavy atom. The number of nitrogens with zero attached hydrogens (tertiary/aromatic N) is 4. The molecule has 0 aliphatic carbocycles. The van der Waals surface area contributed by atoms with Gasteiger partial charge in [0, 0.05) is 56.7 Å². The smallest absolute Gasteiger partial charge is 0.173 e. The zero-order valence-corrected chi connectivity index (χ0v) is 16.4. The lowest BCUT2D eigenvalue weighted by atomic mass is 10.1. The largest absolute Gasteiger partial charge is 0.346 e. The summed E-state index contributed by atoms with van der Waals surface area (Å²) >= 11 is 5.61. The van der Waals surface area contributed by atoms with Crippen molar-refractivity contribution in [2.24, 2.45) is 7.05 Å². The zero-order chi connectivity index (χ0) is 18.0. The third-order valence-electron chi connectivity index (χ3n) is 5.15. The van der Waals surface area contributed by atoms with Crippen molar-refractivity contribution in [2.45, 2.75) is 27.3 Å². The van der Waals surface area contributed by atoms with E-state index in [0.717, 1.165) is 43.5 Å². The molecule has 3 rings (SSSR count). The van der Waals surface area contributed by atoms with Gasteiger partial charge in [-0.2, -0.15) is 5.10 Å². The summed E-state index contributed by atoms with van der Waals surface area (Å²) in [5.41, 5.74) is 6.21. The second-order valence-electron chi connectivity index (χ2n) is 6.87. The second kappa shape index (κ2) is 7.54. The number of aromatic nitrogens is 2. The fourth-order valence-electron chi connectivity index (χ4n) is 3.07. The highest BCUT2D eigenvalue weighted by atomic mass is 32.1. The molecule has 6 heteroatoms. The van der Waals surface area contributed by atoms with Crippen LogP contribution in [0.5, 0.6) is 0 Å². The molecule has 25 heavy (non-hydrogen) atoms. The Morgan fingerprint density at radius 1 is 1.12 bits per heavy atom. The SMILES string of the molecule is Cc1ccc(NC(=S)N2CCN(Cc3cnn(C)c3C)CC2)cc1C. The molecule has 1 saturated heterocycles. The lowest BCUT2D eigenvalue weighted by Crippen LogP contribution is -2.49. The number of aryl methyl sites for hydroxylation is 3. The molecule has 1 aromatic heterocycles. The first-order chi connectivity index (χ1) is 11.9. The van der Waals surface area contributed by atoms with Gasteiger partial charge in [0.15, 0.2) is 5.11 Å². The van der Waals surface area contributed by atoms with Gasteiger partial charge < -0.3 is 10.2 Å². The van der Waals surface area contributed by atoms with Gasteiger partial charge in [-0.25, -0.2) is 0 Å². The maximum atomic E-state index is 5.61. The normalized spacial score (nSPS) is 15.4. The molecule has 2 aromatic rings. The molecule has 0 atom stereocenters. The van der Waals surface area contributed by atoms with E-state index in [2.05, 4.69) is 59.2 Å². The minimum absolute atomic E-state index is 0.820. The van der Waals surface area contributed by atoms with Crippen LogP contribution in [-0.4, -0.2) is 50.9 Å². The van der Waals surface area contributed by atoms with Crippen molar-refractivity contribution in [3.05, 3.63) is 46.8 Å². The van der Waals surface area contributed by atoms with E-state index in [-0.39, 0.29) is 0 Å². The predicted molar refractivity (Wildman–Crippen MR) is 107 cm³/mol. The van der Waals surface area contributed by atoms with Crippen molar-refractivity contribution in [1.82, 2.24) is 19.6 Å². The average Bonchev–Trinajstić information content (AvgIpc) is 2.91. The number of rotatable bonds is 3. The number of anilines is 1. The maximum absolute atomic E-state index is 5.61. The average molecular weight is 358 g/mol. The van der Waals surface area contributed by atoms with E-state index < -0.39 is 0 Å². The van der Waals surface area contributed by atoms with Crippen molar-refractivity contribution < 1.29 is 0 Å². The Morgan fingerprint density at radius 2 is 1.84 bits per heavy atom. The zero-order valence-electron chi connectivity index (χ0n) is 15.5. The molecule has 2 heterocycles. The Hall–Kier alpha value is -1.92. The summed E-state index contributed by atoms with van der Waals surface area (Å²) in [6.45, 7) is 11.3. The summed E-state index contributed by atoms with van der Waals surface area (Å²) in [4.78, 5) is 4.73. The van der Waals surface area contributed by atoms with Crippen molar-refractivity contribution in [1.29, 1.82) is 0 Å². The number of piperazine rings is 1. The van der Waals surface area contributed by atoms with Crippen LogP contribution in [0.25, 0.3) is 0 Å². The van der Waals surface area contributed by atoms with E-state index in [4.69, 9.17) is 12.2 Å². The van der Waals surface area contributed by atoms with Crippen molar-refractivity contribution in [3.63, 3.8) is 0 Å². The molecule has 0 spiro atoms. The first-order valence-corrected chi connectivity index (χ1v) is 9.18. The molecular weight excluding hydrogens is 330 g/mol. The monoisotopic (exact) mass is 357 g/mol. The summed E-state index contributed by atoms with van der Waals surface area (Å²) in [6.07, 6.45) is 1.98. The van der Waals surface area contributed by atoms with E-state index in [9.17, 15) is 0 Å². The van der Waals surface area contributed by atoms with Crippen LogP contribution in [0.1, 0.15) is 22.4 Å². The Labute approximate surface area is 155 Å². The molecule has 1 aromatic carbocycles. The van der Waals surface area contributed by atoms with Crippen LogP contribution in [0.2, 0.25) is 0 Å². The second-order valence-corrected chi connectivity index (χ2v) is 7.26. The topological polar surface area (TPSA) is 36.3 Å². The summed E-state index contributed by atoms with van der Waals surface area (Å²) in [7, 11) is 1.99. The summed E-state index contributed by atoms with van der Waals surface area (Å²) in [5, 5.41) is 8.54. The van der Waals surface area contributed by atoms with Gasteiger partial charge in [0.2, 0.25) is 0 Å². The van der Waals surface area contributed by atoms with Gasteiger partial charge >= 0.3 is 0 Å². The molecule has 0 radical (unpaired) electrons. The number of hydrogen-bond acceptors (Lipinski definition) is 3. The molecule has 0 amide bonds. The Balaban J connectivity index is 1.52. The Kier molecular flexibility index (Phi) is 5.39. The van der Waals surface area contributed by atoms with Gasteiger partial charge in [0.05, 0.1) is 6.20 Å². The highest BCUT2D eigenvalue weighted by Crippen LogP contribution is 2.16. The van der Waals surface area contributed by atoms with Crippen LogP contribution in [0, 0.1) is 20.8 Å². The molecular formula is C19H27N5S. The van der Waals surface area contributed by atoms with E-state index in [1.807, 2.05) is 17.9 Å². The van der Waals surface area contributed by atoms with Crippen LogP contribution in [0.15, 0.2) is 24.4 Å². The van der Waals surface area contributed by atoms with Gasteiger partial charge in [-0.3, -0.25) is 9.58 Å².